The second-order valence-corrected chi connectivity index (χ2v) is 8.29. The molecule has 3 heteroatoms. The normalized spacial score (nSPS) is 22.4. The minimum atomic E-state index is -0.267. The van der Waals surface area contributed by atoms with Gasteiger partial charge in [0.2, 0.25) is 0 Å². The van der Waals surface area contributed by atoms with Gasteiger partial charge in [-0.2, -0.15) is 0 Å². The zero-order chi connectivity index (χ0) is 16.1. The van der Waals surface area contributed by atoms with Gasteiger partial charge in [-0.3, -0.25) is 0 Å². The van der Waals surface area contributed by atoms with Crippen LogP contribution in [0.15, 0.2) is 24.3 Å². The molecular formula is C18H29BO2. The van der Waals surface area contributed by atoms with Crippen molar-refractivity contribution in [2.24, 2.45) is 0 Å². The van der Waals surface area contributed by atoms with Crippen molar-refractivity contribution in [3.05, 3.63) is 35.4 Å². The van der Waals surface area contributed by atoms with Crippen molar-refractivity contribution in [1.29, 1.82) is 0 Å². The monoisotopic (exact) mass is 288 g/mol. The summed E-state index contributed by atoms with van der Waals surface area (Å²) in [5, 5.41) is 0. The van der Waals surface area contributed by atoms with E-state index in [9.17, 15) is 0 Å². The molecule has 0 bridgehead atoms. The maximum Gasteiger partial charge on any atom is 0.465 e. The maximum absolute atomic E-state index is 6.16. The standard InChI is InChI=1S/C18H29BO2/c1-13(19-20-17(5,6)18(7,8)21-19)14-9-11-15(12-10-14)16(2,3)4/h9-13H,1-8H3/t13-/m0/s1. The van der Waals surface area contributed by atoms with Crippen molar-refractivity contribution in [1.82, 2.24) is 0 Å². The third-order valence-corrected chi connectivity index (χ3v) is 4.98. The molecule has 0 amide bonds. The average Bonchev–Trinajstić information content (AvgIpc) is 2.57. The first-order valence-electron chi connectivity index (χ1n) is 7.90. The Labute approximate surface area is 130 Å². The fourth-order valence-corrected chi connectivity index (χ4v) is 2.54. The van der Waals surface area contributed by atoms with E-state index in [0.29, 0.717) is 0 Å². The highest BCUT2D eigenvalue weighted by Gasteiger charge is 2.52. The highest BCUT2D eigenvalue weighted by molar-refractivity contribution is 6.47. The van der Waals surface area contributed by atoms with E-state index in [0.717, 1.165) is 0 Å². The highest BCUT2D eigenvalue weighted by Crippen LogP contribution is 2.40. The Morgan fingerprint density at radius 1 is 0.905 bits per heavy atom. The lowest BCUT2D eigenvalue weighted by Gasteiger charge is -2.32. The third-order valence-electron chi connectivity index (χ3n) is 4.98. The molecule has 21 heavy (non-hydrogen) atoms. The topological polar surface area (TPSA) is 18.5 Å². The van der Waals surface area contributed by atoms with Gasteiger partial charge < -0.3 is 9.31 Å². The summed E-state index contributed by atoms with van der Waals surface area (Å²) in [5.74, 6) is 0.222. The summed E-state index contributed by atoms with van der Waals surface area (Å²) in [6, 6.07) is 8.85. The van der Waals surface area contributed by atoms with E-state index in [1.807, 2.05) is 0 Å². The summed E-state index contributed by atoms with van der Waals surface area (Å²) >= 11 is 0. The highest BCUT2D eigenvalue weighted by atomic mass is 16.7. The Morgan fingerprint density at radius 2 is 1.33 bits per heavy atom. The molecule has 2 rings (SSSR count). The van der Waals surface area contributed by atoms with Gasteiger partial charge in [0.25, 0.3) is 0 Å². The van der Waals surface area contributed by atoms with Crippen molar-refractivity contribution in [2.75, 3.05) is 0 Å². The van der Waals surface area contributed by atoms with Gasteiger partial charge in [0.15, 0.2) is 0 Å². The lowest BCUT2D eigenvalue weighted by Crippen LogP contribution is -2.41. The van der Waals surface area contributed by atoms with Crippen LogP contribution in [0.3, 0.4) is 0 Å². The molecule has 0 aliphatic carbocycles. The van der Waals surface area contributed by atoms with Crippen LogP contribution >= 0.6 is 0 Å². The van der Waals surface area contributed by atoms with Crippen molar-refractivity contribution < 1.29 is 9.31 Å². The van der Waals surface area contributed by atoms with E-state index in [1.165, 1.54) is 11.1 Å². The van der Waals surface area contributed by atoms with Crippen LogP contribution in [-0.4, -0.2) is 18.3 Å². The van der Waals surface area contributed by atoms with Gasteiger partial charge in [0, 0.05) is 5.82 Å². The summed E-state index contributed by atoms with van der Waals surface area (Å²) in [6.07, 6.45) is 0. The Hall–Kier alpha value is -0.795. The first-order chi connectivity index (χ1) is 9.44. The van der Waals surface area contributed by atoms with Crippen molar-refractivity contribution in [3.63, 3.8) is 0 Å². The lowest BCUT2D eigenvalue weighted by molar-refractivity contribution is 0.00578. The van der Waals surface area contributed by atoms with E-state index in [2.05, 4.69) is 79.7 Å². The molecule has 0 unspecified atom stereocenters. The second-order valence-electron chi connectivity index (χ2n) is 8.29. The Morgan fingerprint density at radius 3 is 1.71 bits per heavy atom. The van der Waals surface area contributed by atoms with Crippen molar-refractivity contribution in [2.45, 2.75) is 77.8 Å². The predicted octanol–water partition coefficient (Wildman–Crippen LogP) is 4.72. The molecule has 1 aliphatic rings. The Kier molecular flexibility index (Phi) is 4.05. The fourth-order valence-electron chi connectivity index (χ4n) is 2.54. The predicted molar refractivity (Wildman–Crippen MR) is 89.6 cm³/mol. The number of benzene rings is 1. The van der Waals surface area contributed by atoms with Crippen molar-refractivity contribution in [3.8, 4) is 0 Å². The Balaban J connectivity index is 2.17. The molecule has 116 valence electrons. The zero-order valence-corrected chi connectivity index (χ0v) is 14.8. The van der Waals surface area contributed by atoms with E-state index in [4.69, 9.17) is 9.31 Å². The largest absolute Gasteiger partial charge is 0.465 e. The molecule has 1 saturated heterocycles. The van der Waals surface area contributed by atoms with Gasteiger partial charge >= 0.3 is 7.12 Å². The number of hydrogen-bond donors (Lipinski definition) is 0. The van der Waals surface area contributed by atoms with Gasteiger partial charge in [0.1, 0.15) is 0 Å². The minimum absolute atomic E-state index is 0.185. The summed E-state index contributed by atoms with van der Waals surface area (Å²) in [6.45, 7) is 17.3. The molecule has 0 N–H and O–H groups in total. The smallest absolute Gasteiger partial charge is 0.403 e. The van der Waals surface area contributed by atoms with E-state index >= 15 is 0 Å². The first-order valence-corrected chi connectivity index (χ1v) is 7.90. The molecule has 1 aromatic rings. The van der Waals surface area contributed by atoms with Crippen LogP contribution in [0.2, 0.25) is 0 Å². The molecule has 2 nitrogen and oxygen atoms in total. The van der Waals surface area contributed by atoms with Gasteiger partial charge in [-0.15, -0.1) is 0 Å². The summed E-state index contributed by atoms with van der Waals surface area (Å²) < 4.78 is 12.3. The van der Waals surface area contributed by atoms with E-state index in [1.54, 1.807) is 0 Å². The molecule has 1 atom stereocenters. The first kappa shape index (κ1) is 16.6. The second kappa shape index (κ2) is 5.14. The third kappa shape index (κ3) is 3.19. The Bertz CT molecular complexity index is 481. The molecule has 1 aliphatic heterocycles. The lowest BCUT2D eigenvalue weighted by atomic mass is 9.69. The van der Waals surface area contributed by atoms with Gasteiger partial charge in [-0.25, -0.2) is 0 Å². The van der Waals surface area contributed by atoms with Crippen LogP contribution in [0.5, 0.6) is 0 Å². The quantitative estimate of drug-likeness (QED) is 0.733. The van der Waals surface area contributed by atoms with E-state index < -0.39 is 0 Å². The molecule has 1 aromatic carbocycles. The summed E-state index contributed by atoms with van der Waals surface area (Å²) in [7, 11) is -0.185. The van der Waals surface area contributed by atoms with Crippen LogP contribution in [0.1, 0.15) is 72.3 Å². The molecule has 1 fully saturated rings. The molecule has 1 heterocycles. The molecular weight excluding hydrogens is 259 g/mol. The van der Waals surface area contributed by atoms with Gasteiger partial charge in [-0.05, 0) is 44.2 Å². The van der Waals surface area contributed by atoms with Gasteiger partial charge in [-0.1, -0.05) is 52.0 Å². The van der Waals surface area contributed by atoms with Crippen LogP contribution in [0, 0.1) is 0 Å². The fraction of sp³-hybridized carbons (Fsp3) is 0.667. The average molecular weight is 288 g/mol. The van der Waals surface area contributed by atoms with Crippen molar-refractivity contribution >= 4 is 7.12 Å². The van der Waals surface area contributed by atoms with Gasteiger partial charge in [0.05, 0.1) is 11.2 Å². The van der Waals surface area contributed by atoms with Crippen LogP contribution < -0.4 is 0 Å². The summed E-state index contributed by atoms with van der Waals surface area (Å²) in [5.41, 5.74) is 2.27. The maximum atomic E-state index is 6.16. The molecule has 0 saturated carbocycles. The molecule has 0 aromatic heterocycles. The zero-order valence-electron chi connectivity index (χ0n) is 14.8. The number of hydrogen-bond acceptors (Lipinski definition) is 2. The van der Waals surface area contributed by atoms with Crippen LogP contribution in [0.4, 0.5) is 0 Å². The van der Waals surface area contributed by atoms with Crippen LogP contribution in [0.25, 0.3) is 0 Å². The van der Waals surface area contributed by atoms with E-state index in [-0.39, 0.29) is 29.6 Å². The minimum Gasteiger partial charge on any atom is -0.403 e. The SMILES string of the molecule is C[C@H](B1OC(C)(C)C(C)(C)O1)c1ccc(C(C)(C)C)cc1. The van der Waals surface area contributed by atoms with Crippen LogP contribution in [-0.2, 0) is 14.7 Å². The summed E-state index contributed by atoms with van der Waals surface area (Å²) in [4.78, 5) is 0. The number of rotatable bonds is 2. The molecule has 0 spiro atoms. The molecule has 0 radical (unpaired) electrons.